The van der Waals surface area contributed by atoms with Crippen molar-refractivity contribution in [3.8, 4) is 11.4 Å². The monoisotopic (exact) mass is 378 g/mol. The van der Waals surface area contributed by atoms with Crippen LogP contribution in [0, 0.1) is 0 Å². The standard InChI is InChI=1S/C20H22N6O2/c1-28-19-5-3-2-4-18(19)25-12-10-16(14-25)23-20(27)22-15-6-8-17(9-7-15)26-13-11-21-24-26/h2-9,11,13,16H,10,12,14H2,1H3,(H2,22,23,27). The maximum atomic E-state index is 12.4. The number of nitrogens with one attached hydrogen (secondary N) is 2. The lowest BCUT2D eigenvalue weighted by atomic mass is 10.2. The first-order chi connectivity index (χ1) is 13.7. The van der Waals surface area contributed by atoms with Crippen molar-refractivity contribution < 1.29 is 9.53 Å². The molecule has 2 amide bonds. The minimum atomic E-state index is -0.208. The summed E-state index contributed by atoms with van der Waals surface area (Å²) in [6.45, 7) is 1.62. The van der Waals surface area contributed by atoms with Crippen LogP contribution in [-0.4, -0.2) is 47.3 Å². The van der Waals surface area contributed by atoms with Gasteiger partial charge in [0.25, 0.3) is 0 Å². The van der Waals surface area contributed by atoms with Crippen LogP contribution < -0.4 is 20.3 Å². The third-order valence-corrected chi connectivity index (χ3v) is 4.76. The van der Waals surface area contributed by atoms with Crippen molar-refractivity contribution in [3.63, 3.8) is 0 Å². The third-order valence-electron chi connectivity index (χ3n) is 4.76. The molecule has 0 bridgehead atoms. The topological polar surface area (TPSA) is 84.3 Å². The van der Waals surface area contributed by atoms with Crippen molar-refractivity contribution in [3.05, 3.63) is 60.9 Å². The van der Waals surface area contributed by atoms with Crippen molar-refractivity contribution in [2.45, 2.75) is 12.5 Å². The summed E-state index contributed by atoms with van der Waals surface area (Å²) in [5.41, 5.74) is 2.66. The Balaban J connectivity index is 1.32. The summed E-state index contributed by atoms with van der Waals surface area (Å²) in [6.07, 6.45) is 4.27. The molecule has 1 aliphatic heterocycles. The van der Waals surface area contributed by atoms with E-state index in [1.54, 1.807) is 24.2 Å². The highest BCUT2D eigenvalue weighted by Crippen LogP contribution is 2.30. The van der Waals surface area contributed by atoms with Crippen LogP contribution in [0.5, 0.6) is 5.75 Å². The highest BCUT2D eigenvalue weighted by atomic mass is 16.5. The number of nitrogens with zero attached hydrogens (tertiary/aromatic N) is 4. The van der Waals surface area contributed by atoms with Crippen LogP contribution in [0.15, 0.2) is 60.9 Å². The molecule has 4 rings (SSSR count). The maximum Gasteiger partial charge on any atom is 0.319 e. The Morgan fingerprint density at radius 2 is 2.00 bits per heavy atom. The Bertz CT molecular complexity index is 926. The van der Waals surface area contributed by atoms with Crippen LogP contribution in [0.3, 0.4) is 0 Å². The van der Waals surface area contributed by atoms with Crippen LogP contribution in [0.25, 0.3) is 5.69 Å². The SMILES string of the molecule is COc1ccccc1N1CCC(NC(=O)Nc2ccc(-n3ccnn3)cc2)C1. The van der Waals surface area contributed by atoms with Crippen LogP contribution in [-0.2, 0) is 0 Å². The fraction of sp³-hybridized carbons (Fsp3) is 0.250. The summed E-state index contributed by atoms with van der Waals surface area (Å²) in [6, 6.07) is 15.2. The van der Waals surface area contributed by atoms with E-state index in [1.807, 2.05) is 48.5 Å². The van der Waals surface area contributed by atoms with E-state index in [1.165, 1.54) is 0 Å². The smallest absolute Gasteiger partial charge is 0.319 e. The molecule has 1 unspecified atom stereocenters. The summed E-state index contributed by atoms with van der Waals surface area (Å²) in [4.78, 5) is 14.6. The molecule has 0 spiro atoms. The van der Waals surface area contributed by atoms with Gasteiger partial charge in [-0.2, -0.15) is 0 Å². The predicted octanol–water partition coefficient (Wildman–Crippen LogP) is 2.68. The second kappa shape index (κ2) is 7.99. The van der Waals surface area contributed by atoms with E-state index in [-0.39, 0.29) is 12.1 Å². The molecule has 8 nitrogen and oxygen atoms in total. The second-order valence-corrected chi connectivity index (χ2v) is 6.60. The lowest BCUT2D eigenvalue weighted by Gasteiger charge is -2.21. The molecule has 0 saturated carbocycles. The maximum absolute atomic E-state index is 12.4. The minimum absolute atomic E-state index is 0.0827. The number of aromatic nitrogens is 3. The molecule has 2 aromatic carbocycles. The zero-order valence-corrected chi connectivity index (χ0v) is 15.6. The van der Waals surface area contributed by atoms with Crippen LogP contribution >= 0.6 is 0 Å². The largest absolute Gasteiger partial charge is 0.495 e. The van der Waals surface area contributed by atoms with E-state index < -0.39 is 0 Å². The van der Waals surface area contributed by atoms with E-state index in [0.717, 1.165) is 42.3 Å². The molecule has 144 valence electrons. The predicted molar refractivity (Wildman–Crippen MR) is 107 cm³/mol. The van der Waals surface area contributed by atoms with E-state index in [0.29, 0.717) is 0 Å². The first-order valence-corrected chi connectivity index (χ1v) is 9.15. The van der Waals surface area contributed by atoms with Gasteiger partial charge >= 0.3 is 6.03 Å². The molecule has 1 atom stereocenters. The number of ether oxygens (including phenoxy) is 1. The van der Waals surface area contributed by atoms with Gasteiger partial charge in [-0.25, -0.2) is 9.48 Å². The van der Waals surface area contributed by atoms with Gasteiger partial charge in [0, 0.05) is 24.8 Å². The summed E-state index contributed by atoms with van der Waals surface area (Å²) in [7, 11) is 1.67. The average molecular weight is 378 g/mol. The molecule has 1 aromatic heterocycles. The number of hydrogen-bond donors (Lipinski definition) is 2. The van der Waals surface area contributed by atoms with Crippen LogP contribution in [0.1, 0.15) is 6.42 Å². The molecule has 2 heterocycles. The highest BCUT2D eigenvalue weighted by Gasteiger charge is 2.25. The van der Waals surface area contributed by atoms with E-state index >= 15 is 0 Å². The Morgan fingerprint density at radius 3 is 2.75 bits per heavy atom. The van der Waals surface area contributed by atoms with Gasteiger partial charge < -0.3 is 20.3 Å². The molecular weight excluding hydrogens is 356 g/mol. The van der Waals surface area contributed by atoms with Crippen molar-refractivity contribution in [2.24, 2.45) is 0 Å². The fourth-order valence-corrected chi connectivity index (χ4v) is 3.38. The number of benzene rings is 2. The number of anilines is 2. The van der Waals surface area contributed by atoms with Crippen molar-refractivity contribution in [1.29, 1.82) is 0 Å². The lowest BCUT2D eigenvalue weighted by Crippen LogP contribution is -2.39. The number of carbonyl (C=O) groups excluding carboxylic acids is 1. The van der Waals surface area contributed by atoms with Gasteiger partial charge in [0.05, 0.1) is 30.9 Å². The molecule has 28 heavy (non-hydrogen) atoms. The normalized spacial score (nSPS) is 16.0. The summed E-state index contributed by atoms with van der Waals surface area (Å²) in [5.74, 6) is 0.847. The molecule has 8 heteroatoms. The van der Waals surface area contributed by atoms with Crippen molar-refractivity contribution in [2.75, 3.05) is 30.4 Å². The van der Waals surface area contributed by atoms with Crippen LogP contribution in [0.4, 0.5) is 16.2 Å². The highest BCUT2D eigenvalue weighted by molar-refractivity contribution is 5.89. The molecular formula is C20H22N6O2. The molecule has 0 aliphatic carbocycles. The van der Waals surface area contributed by atoms with Gasteiger partial charge in [0.2, 0.25) is 0 Å². The summed E-state index contributed by atoms with van der Waals surface area (Å²) < 4.78 is 7.10. The molecule has 1 aliphatic rings. The first kappa shape index (κ1) is 17.8. The van der Waals surface area contributed by atoms with E-state index in [2.05, 4.69) is 25.8 Å². The number of rotatable bonds is 5. The van der Waals surface area contributed by atoms with Gasteiger partial charge in [-0.15, -0.1) is 5.10 Å². The van der Waals surface area contributed by atoms with Gasteiger partial charge in [-0.1, -0.05) is 17.3 Å². The molecule has 3 aromatic rings. The quantitative estimate of drug-likeness (QED) is 0.713. The Hall–Kier alpha value is -3.55. The lowest BCUT2D eigenvalue weighted by molar-refractivity contribution is 0.249. The zero-order chi connectivity index (χ0) is 19.3. The van der Waals surface area contributed by atoms with E-state index in [9.17, 15) is 4.79 Å². The second-order valence-electron chi connectivity index (χ2n) is 6.60. The van der Waals surface area contributed by atoms with Crippen LogP contribution in [0.2, 0.25) is 0 Å². The summed E-state index contributed by atoms with van der Waals surface area (Å²) >= 11 is 0. The third kappa shape index (κ3) is 3.90. The van der Waals surface area contributed by atoms with Gasteiger partial charge in [0.15, 0.2) is 0 Å². The number of methoxy groups -OCH3 is 1. The number of carbonyl (C=O) groups is 1. The number of amides is 2. The summed E-state index contributed by atoms with van der Waals surface area (Å²) in [5, 5.41) is 13.7. The first-order valence-electron chi connectivity index (χ1n) is 9.15. The van der Waals surface area contributed by atoms with Gasteiger partial charge in [-0.05, 0) is 42.8 Å². The molecule has 2 N–H and O–H groups in total. The number of hydrogen-bond acceptors (Lipinski definition) is 5. The Labute approximate surface area is 163 Å². The molecule has 0 radical (unpaired) electrons. The molecule has 1 saturated heterocycles. The fourth-order valence-electron chi connectivity index (χ4n) is 3.38. The number of para-hydroxylation sites is 2. The van der Waals surface area contributed by atoms with E-state index in [4.69, 9.17) is 4.74 Å². The molecule has 1 fully saturated rings. The van der Waals surface area contributed by atoms with Crippen molar-refractivity contribution >= 4 is 17.4 Å². The Morgan fingerprint density at radius 1 is 1.18 bits per heavy atom. The van der Waals surface area contributed by atoms with Gasteiger partial charge in [-0.3, -0.25) is 0 Å². The zero-order valence-electron chi connectivity index (χ0n) is 15.6. The minimum Gasteiger partial charge on any atom is -0.495 e. The van der Waals surface area contributed by atoms with Crippen molar-refractivity contribution in [1.82, 2.24) is 20.3 Å². The number of urea groups is 1. The average Bonchev–Trinajstić information content (AvgIpc) is 3.41. The van der Waals surface area contributed by atoms with Gasteiger partial charge in [0.1, 0.15) is 5.75 Å². The Kier molecular flexibility index (Phi) is 5.09.